The molecule has 6 nitrogen and oxygen atoms in total. The van der Waals surface area contributed by atoms with E-state index < -0.39 is 5.92 Å². The smallest absolute Gasteiger partial charge is 0.250 e. The van der Waals surface area contributed by atoms with Crippen LogP contribution in [0.3, 0.4) is 0 Å². The van der Waals surface area contributed by atoms with Crippen molar-refractivity contribution < 1.29 is 8.78 Å². The van der Waals surface area contributed by atoms with Gasteiger partial charge in [0.1, 0.15) is 5.82 Å². The van der Waals surface area contributed by atoms with Gasteiger partial charge in [-0.2, -0.15) is 5.10 Å². The van der Waals surface area contributed by atoms with Gasteiger partial charge in [0.25, 0.3) is 5.92 Å². The number of alkyl halides is 2. The molecule has 4 rings (SSSR count). The van der Waals surface area contributed by atoms with Crippen molar-refractivity contribution in [3.8, 4) is 11.3 Å². The van der Waals surface area contributed by atoms with Gasteiger partial charge in [0.05, 0.1) is 17.5 Å². The summed E-state index contributed by atoms with van der Waals surface area (Å²) in [6.45, 7) is 3.68. The summed E-state index contributed by atoms with van der Waals surface area (Å²) in [4.78, 5) is 10.6. The average molecular weight is 397 g/mol. The van der Waals surface area contributed by atoms with Gasteiger partial charge < -0.3 is 15.1 Å². The summed E-state index contributed by atoms with van der Waals surface area (Å²) in [6.07, 6.45) is 3.79. The van der Waals surface area contributed by atoms with Gasteiger partial charge in [0.15, 0.2) is 5.13 Å². The highest BCUT2D eigenvalue weighted by atomic mass is 32.1. The zero-order valence-electron chi connectivity index (χ0n) is 15.8. The third-order valence-electron chi connectivity index (χ3n) is 5.47. The van der Waals surface area contributed by atoms with E-state index in [0.717, 1.165) is 54.7 Å². The molecule has 148 valence electrons. The monoisotopic (exact) mass is 396 g/mol. The lowest BCUT2D eigenvalue weighted by Gasteiger charge is -2.32. The van der Waals surface area contributed by atoms with Crippen LogP contribution in [0.1, 0.15) is 24.1 Å². The van der Waals surface area contributed by atoms with Crippen LogP contribution in [0.25, 0.3) is 11.3 Å². The molecule has 0 spiro atoms. The molecule has 1 saturated heterocycles. The van der Waals surface area contributed by atoms with Crippen molar-refractivity contribution in [3.63, 3.8) is 0 Å². The Kier molecular flexibility index (Phi) is 5.07. The summed E-state index contributed by atoms with van der Waals surface area (Å²) in [7, 11) is 3.86. The molecule has 0 radical (unpaired) electrons. The number of likely N-dealkylation sites (tertiary alicyclic amines) is 1. The molecule has 9 heteroatoms. The Hall–Kier alpha value is -1.74. The molecule has 0 bridgehead atoms. The summed E-state index contributed by atoms with van der Waals surface area (Å²) >= 11 is 1.70. The molecule has 27 heavy (non-hydrogen) atoms. The van der Waals surface area contributed by atoms with Crippen LogP contribution in [0, 0.1) is 0 Å². The summed E-state index contributed by atoms with van der Waals surface area (Å²) < 4.78 is 28.5. The van der Waals surface area contributed by atoms with E-state index in [9.17, 15) is 8.78 Å². The van der Waals surface area contributed by atoms with E-state index in [2.05, 4.69) is 20.2 Å². The largest absolute Gasteiger partial charge is 0.365 e. The fourth-order valence-electron chi connectivity index (χ4n) is 3.96. The van der Waals surface area contributed by atoms with Crippen LogP contribution >= 0.6 is 11.3 Å². The maximum atomic E-state index is 13.3. The van der Waals surface area contributed by atoms with Crippen LogP contribution in [0.15, 0.2) is 6.20 Å². The maximum Gasteiger partial charge on any atom is 0.250 e. The van der Waals surface area contributed by atoms with E-state index in [1.165, 1.54) is 4.88 Å². The third-order valence-corrected chi connectivity index (χ3v) is 6.60. The Morgan fingerprint density at radius 1 is 1.22 bits per heavy atom. The standard InChI is InChI=1S/C18H26F2N6S/c1-21-17-23-15-13-12-22-24(2)16(13)26(9-4-14(15)27-17)8-3-7-25-10-5-18(19,20)6-11-25/h12H,3-11H2,1-2H3,(H,21,23). The van der Waals surface area contributed by atoms with Crippen molar-refractivity contribution in [1.82, 2.24) is 19.7 Å². The predicted octanol–water partition coefficient (Wildman–Crippen LogP) is 3.07. The molecule has 2 aliphatic rings. The molecule has 0 atom stereocenters. The lowest BCUT2D eigenvalue weighted by atomic mass is 10.1. The van der Waals surface area contributed by atoms with Crippen molar-refractivity contribution in [3.05, 3.63) is 11.1 Å². The normalized spacial score (nSPS) is 19.5. The number of piperidine rings is 1. The number of halogens is 2. The number of hydrogen-bond acceptors (Lipinski definition) is 6. The molecule has 1 fully saturated rings. The van der Waals surface area contributed by atoms with E-state index in [-0.39, 0.29) is 12.8 Å². The molecule has 0 amide bonds. The van der Waals surface area contributed by atoms with E-state index in [1.807, 2.05) is 25.0 Å². The first-order chi connectivity index (χ1) is 13.0. The zero-order valence-corrected chi connectivity index (χ0v) is 16.7. The summed E-state index contributed by atoms with van der Waals surface area (Å²) in [5.41, 5.74) is 2.12. The molecule has 0 saturated carbocycles. The first-order valence-electron chi connectivity index (χ1n) is 9.52. The SMILES string of the molecule is CNc1nc2c(s1)CCN(CCCN1CCC(F)(F)CC1)c1c-2cnn1C. The Morgan fingerprint density at radius 3 is 2.74 bits per heavy atom. The molecule has 0 unspecified atom stereocenters. The van der Waals surface area contributed by atoms with Gasteiger partial charge in [0, 0.05) is 64.4 Å². The van der Waals surface area contributed by atoms with Crippen LogP contribution in [0.5, 0.6) is 0 Å². The Morgan fingerprint density at radius 2 is 2.00 bits per heavy atom. The van der Waals surface area contributed by atoms with E-state index >= 15 is 0 Å². The van der Waals surface area contributed by atoms with Crippen LogP contribution in [0.4, 0.5) is 19.7 Å². The van der Waals surface area contributed by atoms with Gasteiger partial charge in [-0.1, -0.05) is 0 Å². The number of fused-ring (bicyclic) bond motifs is 3. The molecular weight excluding hydrogens is 370 g/mol. The van der Waals surface area contributed by atoms with Gasteiger partial charge in [0.2, 0.25) is 0 Å². The Bertz CT molecular complexity index is 792. The molecular formula is C18H26F2N6S. The molecule has 2 aromatic heterocycles. The van der Waals surface area contributed by atoms with Crippen LogP contribution < -0.4 is 10.2 Å². The topological polar surface area (TPSA) is 49.2 Å². The number of aromatic nitrogens is 3. The number of aryl methyl sites for hydroxylation is 1. The molecule has 2 aromatic rings. The highest BCUT2D eigenvalue weighted by Gasteiger charge is 2.33. The van der Waals surface area contributed by atoms with Crippen molar-refractivity contribution >= 4 is 22.3 Å². The number of thiazole rings is 1. The third kappa shape index (κ3) is 3.80. The summed E-state index contributed by atoms with van der Waals surface area (Å²) in [6, 6.07) is 0. The van der Waals surface area contributed by atoms with Crippen molar-refractivity contribution in [2.45, 2.75) is 31.6 Å². The number of anilines is 2. The highest BCUT2D eigenvalue weighted by molar-refractivity contribution is 7.16. The molecule has 1 N–H and O–H groups in total. The maximum absolute atomic E-state index is 13.3. The molecule has 2 aliphatic heterocycles. The van der Waals surface area contributed by atoms with Gasteiger partial charge in [-0.3, -0.25) is 4.68 Å². The second-order valence-corrected chi connectivity index (χ2v) is 8.42. The first-order valence-corrected chi connectivity index (χ1v) is 10.3. The van der Waals surface area contributed by atoms with Crippen molar-refractivity contribution in [2.24, 2.45) is 7.05 Å². The number of nitrogens with zero attached hydrogens (tertiary/aromatic N) is 5. The van der Waals surface area contributed by atoms with Crippen molar-refractivity contribution in [2.75, 3.05) is 50.0 Å². The van der Waals surface area contributed by atoms with Gasteiger partial charge in [-0.25, -0.2) is 13.8 Å². The fourth-order valence-corrected chi connectivity index (χ4v) is 4.88. The average Bonchev–Trinajstić information content (AvgIpc) is 3.19. The van der Waals surface area contributed by atoms with Crippen LogP contribution in [-0.2, 0) is 13.5 Å². The number of nitrogens with one attached hydrogen (secondary N) is 1. The minimum absolute atomic E-state index is 0.0116. The van der Waals surface area contributed by atoms with E-state index in [0.29, 0.717) is 13.1 Å². The van der Waals surface area contributed by atoms with Crippen molar-refractivity contribution in [1.29, 1.82) is 0 Å². The molecule has 0 aliphatic carbocycles. The molecule has 0 aromatic carbocycles. The van der Waals surface area contributed by atoms with Crippen LogP contribution in [0.2, 0.25) is 0 Å². The Balaban J connectivity index is 1.43. The van der Waals surface area contributed by atoms with Crippen LogP contribution in [-0.4, -0.2) is 65.4 Å². The highest BCUT2D eigenvalue weighted by Crippen LogP contribution is 2.39. The zero-order chi connectivity index (χ0) is 19.0. The second-order valence-electron chi connectivity index (χ2n) is 7.33. The second kappa shape index (κ2) is 7.35. The summed E-state index contributed by atoms with van der Waals surface area (Å²) in [5, 5.41) is 8.54. The quantitative estimate of drug-likeness (QED) is 0.842. The minimum Gasteiger partial charge on any atom is -0.365 e. The Labute approximate surface area is 162 Å². The lowest BCUT2D eigenvalue weighted by molar-refractivity contribution is -0.0550. The van der Waals surface area contributed by atoms with Gasteiger partial charge in [-0.05, 0) is 13.0 Å². The van der Waals surface area contributed by atoms with Gasteiger partial charge >= 0.3 is 0 Å². The minimum atomic E-state index is -2.47. The lowest BCUT2D eigenvalue weighted by Crippen LogP contribution is -2.40. The molecule has 4 heterocycles. The van der Waals surface area contributed by atoms with E-state index in [1.54, 1.807) is 11.3 Å². The van der Waals surface area contributed by atoms with E-state index in [4.69, 9.17) is 4.98 Å². The number of hydrogen-bond donors (Lipinski definition) is 1. The summed E-state index contributed by atoms with van der Waals surface area (Å²) in [5.74, 6) is -1.37. The predicted molar refractivity (Wildman–Crippen MR) is 105 cm³/mol. The number of rotatable bonds is 5. The fraction of sp³-hybridized carbons (Fsp3) is 0.667. The first kappa shape index (κ1) is 18.6. The van der Waals surface area contributed by atoms with Gasteiger partial charge in [-0.15, -0.1) is 11.3 Å².